The number of hydrogen-bond donors (Lipinski definition) is 0. The third-order valence-corrected chi connectivity index (χ3v) is 5.76. The quantitative estimate of drug-likeness (QED) is 0.373. The summed E-state index contributed by atoms with van der Waals surface area (Å²) in [4.78, 5) is 25.7. The molecule has 0 amide bonds. The second-order valence-electron chi connectivity index (χ2n) is 8.22. The number of Topliss-reactive ketones (excluding diaryl/α,β-unsaturated/α-hetero) is 2. The first-order valence-electron chi connectivity index (χ1n) is 10.7. The molecule has 4 rings (SSSR count). The summed E-state index contributed by atoms with van der Waals surface area (Å²) in [5, 5.41) is 0. The van der Waals surface area contributed by atoms with Crippen molar-refractivity contribution < 1.29 is 18.4 Å². The molecule has 0 heterocycles. The van der Waals surface area contributed by atoms with Gasteiger partial charge in [0.1, 0.15) is 11.6 Å². The van der Waals surface area contributed by atoms with Crippen molar-refractivity contribution in [2.24, 2.45) is 0 Å². The highest BCUT2D eigenvalue weighted by molar-refractivity contribution is 6.02. The fraction of sp³-hybridized carbons (Fsp3) is 0.259. The SMILES string of the molecule is O=C(CCc1ccc(F)cc1)c1cc(C(=O)CCc2ccc(F)cc2)cc(C2CC2)c1. The molecule has 1 fully saturated rings. The highest BCUT2D eigenvalue weighted by Crippen LogP contribution is 2.41. The lowest BCUT2D eigenvalue weighted by molar-refractivity contribution is 0.0982. The molecule has 4 heteroatoms. The van der Waals surface area contributed by atoms with Gasteiger partial charge in [-0.1, -0.05) is 24.3 Å². The van der Waals surface area contributed by atoms with E-state index in [2.05, 4.69) is 0 Å². The van der Waals surface area contributed by atoms with Gasteiger partial charge in [-0.2, -0.15) is 0 Å². The first-order chi connectivity index (χ1) is 15.0. The Labute approximate surface area is 180 Å². The zero-order valence-corrected chi connectivity index (χ0v) is 17.2. The van der Waals surface area contributed by atoms with Crippen molar-refractivity contribution in [3.8, 4) is 0 Å². The van der Waals surface area contributed by atoms with E-state index in [4.69, 9.17) is 0 Å². The maximum Gasteiger partial charge on any atom is 0.163 e. The second kappa shape index (κ2) is 9.34. The molecule has 3 aromatic rings. The fourth-order valence-corrected chi connectivity index (χ4v) is 3.73. The van der Waals surface area contributed by atoms with Crippen molar-refractivity contribution in [1.82, 2.24) is 0 Å². The van der Waals surface area contributed by atoms with Crippen LogP contribution in [0.3, 0.4) is 0 Å². The minimum Gasteiger partial charge on any atom is -0.294 e. The molecule has 0 unspecified atom stereocenters. The van der Waals surface area contributed by atoms with E-state index in [9.17, 15) is 18.4 Å². The minimum absolute atomic E-state index is 0.0144. The summed E-state index contributed by atoms with van der Waals surface area (Å²) < 4.78 is 26.1. The van der Waals surface area contributed by atoms with E-state index >= 15 is 0 Å². The van der Waals surface area contributed by atoms with E-state index in [1.54, 1.807) is 30.3 Å². The van der Waals surface area contributed by atoms with Gasteiger partial charge in [-0.05, 0) is 90.8 Å². The smallest absolute Gasteiger partial charge is 0.163 e. The predicted octanol–water partition coefficient (Wildman–Crippen LogP) is 6.47. The first-order valence-corrected chi connectivity index (χ1v) is 10.7. The van der Waals surface area contributed by atoms with Crippen LogP contribution in [0.25, 0.3) is 0 Å². The summed E-state index contributed by atoms with van der Waals surface area (Å²) in [6, 6.07) is 17.9. The molecule has 0 aromatic heterocycles. The molecule has 0 spiro atoms. The number of ketones is 2. The molecule has 0 bridgehead atoms. The number of hydrogen-bond acceptors (Lipinski definition) is 2. The largest absolute Gasteiger partial charge is 0.294 e. The van der Waals surface area contributed by atoms with Gasteiger partial charge in [-0.15, -0.1) is 0 Å². The van der Waals surface area contributed by atoms with Crippen LogP contribution in [0.5, 0.6) is 0 Å². The predicted molar refractivity (Wildman–Crippen MR) is 117 cm³/mol. The van der Waals surface area contributed by atoms with Gasteiger partial charge in [0.25, 0.3) is 0 Å². The van der Waals surface area contributed by atoms with Gasteiger partial charge >= 0.3 is 0 Å². The van der Waals surface area contributed by atoms with Crippen LogP contribution in [0.15, 0.2) is 66.7 Å². The van der Waals surface area contributed by atoms with Crippen molar-refractivity contribution in [2.75, 3.05) is 0 Å². The van der Waals surface area contributed by atoms with E-state index in [0.29, 0.717) is 42.7 Å². The number of rotatable bonds is 9. The Morgan fingerprint density at radius 3 is 1.48 bits per heavy atom. The number of benzene rings is 3. The molecule has 1 aliphatic rings. The Balaban J connectivity index is 1.46. The van der Waals surface area contributed by atoms with E-state index in [1.165, 1.54) is 24.3 Å². The highest BCUT2D eigenvalue weighted by Gasteiger charge is 2.25. The zero-order valence-electron chi connectivity index (χ0n) is 17.2. The van der Waals surface area contributed by atoms with Crippen molar-refractivity contribution in [3.05, 3.63) is 106 Å². The molecule has 0 atom stereocenters. The molecule has 0 aliphatic heterocycles. The standard InChI is InChI=1S/C27H24F2O2/c28-24-9-1-18(2-10-24)5-13-26(30)22-15-21(20-7-8-20)16-23(17-22)27(31)14-6-19-3-11-25(29)12-4-19/h1-4,9-12,15-17,20H,5-8,13-14H2. The fourth-order valence-electron chi connectivity index (χ4n) is 3.73. The normalized spacial score (nSPS) is 13.2. The summed E-state index contributed by atoms with van der Waals surface area (Å²) in [6.07, 6.45) is 3.83. The number of carbonyl (C=O) groups is 2. The molecule has 0 N–H and O–H groups in total. The Morgan fingerprint density at radius 1 is 0.677 bits per heavy atom. The van der Waals surface area contributed by atoms with Crippen molar-refractivity contribution in [3.63, 3.8) is 0 Å². The van der Waals surface area contributed by atoms with Crippen LogP contribution < -0.4 is 0 Å². The lowest BCUT2D eigenvalue weighted by Crippen LogP contribution is -2.07. The summed E-state index contributed by atoms with van der Waals surface area (Å²) >= 11 is 0. The summed E-state index contributed by atoms with van der Waals surface area (Å²) in [5.41, 5.74) is 4.00. The summed E-state index contributed by atoms with van der Waals surface area (Å²) in [5.74, 6) is -0.195. The van der Waals surface area contributed by atoms with Gasteiger partial charge < -0.3 is 0 Å². The van der Waals surface area contributed by atoms with Gasteiger partial charge in [0.2, 0.25) is 0 Å². The molecular weight excluding hydrogens is 394 g/mol. The van der Waals surface area contributed by atoms with Crippen molar-refractivity contribution in [2.45, 2.75) is 44.4 Å². The van der Waals surface area contributed by atoms with Crippen molar-refractivity contribution >= 4 is 11.6 Å². The van der Waals surface area contributed by atoms with Crippen LogP contribution in [0.4, 0.5) is 8.78 Å². The zero-order chi connectivity index (χ0) is 21.8. The third kappa shape index (κ3) is 5.72. The first kappa shape index (κ1) is 21.1. The van der Waals surface area contributed by atoms with E-state index in [0.717, 1.165) is 29.5 Å². The number of halogens is 2. The van der Waals surface area contributed by atoms with E-state index in [-0.39, 0.29) is 23.2 Å². The molecule has 1 aliphatic carbocycles. The Morgan fingerprint density at radius 2 is 1.10 bits per heavy atom. The second-order valence-corrected chi connectivity index (χ2v) is 8.22. The van der Waals surface area contributed by atoms with Gasteiger partial charge in [-0.3, -0.25) is 9.59 Å². The van der Waals surface area contributed by atoms with E-state index < -0.39 is 0 Å². The van der Waals surface area contributed by atoms with Gasteiger partial charge in [-0.25, -0.2) is 8.78 Å². The van der Waals surface area contributed by atoms with Crippen LogP contribution in [0.2, 0.25) is 0 Å². The Bertz CT molecular complexity index is 1000. The lowest BCUT2D eigenvalue weighted by atomic mass is 9.94. The molecule has 2 nitrogen and oxygen atoms in total. The van der Waals surface area contributed by atoms with Crippen molar-refractivity contribution in [1.29, 1.82) is 0 Å². The van der Waals surface area contributed by atoms with Crippen LogP contribution in [0.1, 0.15) is 69.0 Å². The van der Waals surface area contributed by atoms with Crippen LogP contribution in [0, 0.1) is 11.6 Å². The van der Waals surface area contributed by atoms with Crippen LogP contribution >= 0.6 is 0 Å². The molecule has 0 radical (unpaired) electrons. The number of carbonyl (C=O) groups excluding carboxylic acids is 2. The maximum atomic E-state index is 13.1. The Kier molecular flexibility index (Phi) is 6.36. The molecule has 3 aromatic carbocycles. The summed E-state index contributed by atoms with van der Waals surface area (Å²) in [6.45, 7) is 0. The van der Waals surface area contributed by atoms with Crippen LogP contribution in [-0.2, 0) is 12.8 Å². The van der Waals surface area contributed by atoms with E-state index in [1.807, 2.05) is 12.1 Å². The van der Waals surface area contributed by atoms with Crippen LogP contribution in [-0.4, -0.2) is 11.6 Å². The van der Waals surface area contributed by atoms with Gasteiger partial charge in [0.15, 0.2) is 11.6 Å². The average Bonchev–Trinajstić information content (AvgIpc) is 3.63. The Hall–Kier alpha value is -3.14. The molecule has 31 heavy (non-hydrogen) atoms. The van der Waals surface area contributed by atoms with Gasteiger partial charge in [0.05, 0.1) is 0 Å². The third-order valence-electron chi connectivity index (χ3n) is 5.76. The molecule has 1 saturated carbocycles. The van der Waals surface area contributed by atoms with Gasteiger partial charge in [0, 0.05) is 24.0 Å². The molecular formula is C27H24F2O2. The summed E-state index contributed by atoms with van der Waals surface area (Å²) in [7, 11) is 0. The molecule has 0 saturated heterocycles. The topological polar surface area (TPSA) is 34.1 Å². The molecule has 158 valence electrons. The minimum atomic E-state index is -0.295. The lowest BCUT2D eigenvalue weighted by Gasteiger charge is -2.09. The average molecular weight is 418 g/mol. The monoisotopic (exact) mass is 418 g/mol. The highest BCUT2D eigenvalue weighted by atomic mass is 19.1. The maximum absolute atomic E-state index is 13.1. The number of aryl methyl sites for hydroxylation is 2.